The van der Waals surface area contributed by atoms with E-state index in [0.29, 0.717) is 17.9 Å². The highest BCUT2D eigenvalue weighted by Gasteiger charge is 2.13. The molecule has 0 fully saturated rings. The number of carbonyl (C=O) groups is 2. The predicted octanol–water partition coefficient (Wildman–Crippen LogP) is 3.13. The molecule has 0 aliphatic carbocycles. The lowest BCUT2D eigenvalue weighted by Crippen LogP contribution is -2.29. The molecule has 7 nitrogen and oxygen atoms in total. The van der Waals surface area contributed by atoms with E-state index in [9.17, 15) is 9.59 Å². The van der Waals surface area contributed by atoms with E-state index in [1.807, 2.05) is 12.1 Å². The van der Waals surface area contributed by atoms with Gasteiger partial charge in [0.1, 0.15) is 11.5 Å². The molecule has 1 aromatic carbocycles. The van der Waals surface area contributed by atoms with Gasteiger partial charge in [-0.3, -0.25) is 14.6 Å². The van der Waals surface area contributed by atoms with Crippen molar-refractivity contribution in [2.24, 2.45) is 0 Å². The van der Waals surface area contributed by atoms with Crippen LogP contribution in [0.25, 0.3) is 0 Å². The maximum atomic E-state index is 12.5. The largest absolute Gasteiger partial charge is 0.340 e. The number of ketones is 1. The molecule has 1 amide bonds. The van der Waals surface area contributed by atoms with Crippen LogP contribution in [0.5, 0.6) is 0 Å². The number of amides is 1. The Morgan fingerprint density at radius 2 is 1.71 bits per heavy atom. The standard InChI is InChI=1S/C21H21N5O2/c1-15(27)17-3-5-18(6-4-17)25-20-14-23-19(13-24-20)21(28)26(2)12-9-16-7-10-22-11-8-16/h3-8,10-11,13-14H,9,12H2,1-2H3,(H,24,25). The normalized spacial score (nSPS) is 10.4. The smallest absolute Gasteiger partial charge is 0.273 e. The molecule has 0 radical (unpaired) electrons. The quantitative estimate of drug-likeness (QED) is 0.638. The molecule has 7 heteroatoms. The van der Waals surface area contributed by atoms with Crippen molar-refractivity contribution in [3.63, 3.8) is 0 Å². The fourth-order valence-electron chi connectivity index (χ4n) is 2.58. The van der Waals surface area contributed by atoms with E-state index in [1.54, 1.807) is 48.6 Å². The number of pyridine rings is 1. The number of likely N-dealkylation sites (N-methyl/N-ethyl adjacent to an activating group) is 1. The summed E-state index contributed by atoms with van der Waals surface area (Å²) in [5.41, 5.74) is 2.84. The van der Waals surface area contributed by atoms with Gasteiger partial charge in [-0.25, -0.2) is 9.97 Å². The van der Waals surface area contributed by atoms with Gasteiger partial charge in [0.05, 0.1) is 12.4 Å². The number of carbonyl (C=O) groups excluding carboxylic acids is 2. The predicted molar refractivity (Wildman–Crippen MR) is 107 cm³/mol. The van der Waals surface area contributed by atoms with Gasteiger partial charge in [-0.1, -0.05) is 0 Å². The summed E-state index contributed by atoms with van der Waals surface area (Å²) in [5.74, 6) is 0.354. The third-order valence-electron chi connectivity index (χ3n) is 4.27. The Kier molecular flexibility index (Phi) is 6.06. The molecule has 3 rings (SSSR count). The summed E-state index contributed by atoms with van der Waals surface area (Å²) in [5, 5.41) is 3.10. The van der Waals surface area contributed by atoms with E-state index in [4.69, 9.17) is 0 Å². The molecule has 0 bridgehead atoms. The lowest BCUT2D eigenvalue weighted by molar-refractivity contribution is 0.0790. The van der Waals surface area contributed by atoms with E-state index in [-0.39, 0.29) is 17.4 Å². The summed E-state index contributed by atoms with van der Waals surface area (Å²) in [7, 11) is 1.74. The first-order chi connectivity index (χ1) is 13.5. The molecule has 0 spiro atoms. The zero-order valence-electron chi connectivity index (χ0n) is 15.8. The van der Waals surface area contributed by atoms with Crippen LogP contribution < -0.4 is 5.32 Å². The first-order valence-electron chi connectivity index (χ1n) is 8.87. The molecule has 0 aliphatic rings. The van der Waals surface area contributed by atoms with Crippen LogP contribution in [0.3, 0.4) is 0 Å². The molecule has 28 heavy (non-hydrogen) atoms. The fraction of sp³-hybridized carbons (Fsp3) is 0.190. The minimum Gasteiger partial charge on any atom is -0.340 e. The second kappa shape index (κ2) is 8.85. The maximum absolute atomic E-state index is 12.5. The first-order valence-corrected chi connectivity index (χ1v) is 8.87. The second-order valence-electron chi connectivity index (χ2n) is 6.38. The van der Waals surface area contributed by atoms with E-state index < -0.39 is 0 Å². The molecule has 0 atom stereocenters. The van der Waals surface area contributed by atoms with Gasteiger partial charge in [0.15, 0.2) is 5.78 Å². The summed E-state index contributed by atoms with van der Waals surface area (Å²) in [6.45, 7) is 2.10. The third-order valence-corrected chi connectivity index (χ3v) is 4.27. The second-order valence-corrected chi connectivity index (χ2v) is 6.38. The van der Waals surface area contributed by atoms with E-state index in [0.717, 1.165) is 17.7 Å². The lowest BCUT2D eigenvalue weighted by Gasteiger charge is -2.16. The van der Waals surface area contributed by atoms with Crippen molar-refractivity contribution in [2.75, 3.05) is 18.9 Å². The van der Waals surface area contributed by atoms with Gasteiger partial charge in [-0.05, 0) is 55.3 Å². The number of benzene rings is 1. The van der Waals surface area contributed by atoms with Crippen molar-refractivity contribution >= 4 is 23.2 Å². The van der Waals surface area contributed by atoms with Crippen molar-refractivity contribution in [1.29, 1.82) is 0 Å². The monoisotopic (exact) mass is 375 g/mol. The number of Topliss-reactive ketones (excluding diaryl/α,β-unsaturated/α-hetero) is 1. The van der Waals surface area contributed by atoms with Crippen molar-refractivity contribution in [1.82, 2.24) is 19.9 Å². The Hall–Kier alpha value is -3.61. The zero-order chi connectivity index (χ0) is 19.9. The molecule has 0 unspecified atom stereocenters. The van der Waals surface area contributed by atoms with Crippen LogP contribution in [0.2, 0.25) is 0 Å². The maximum Gasteiger partial charge on any atom is 0.273 e. The zero-order valence-corrected chi connectivity index (χ0v) is 15.8. The summed E-state index contributed by atoms with van der Waals surface area (Å²) >= 11 is 0. The SMILES string of the molecule is CC(=O)c1ccc(Nc2cnc(C(=O)N(C)CCc3ccncc3)cn2)cc1. The topological polar surface area (TPSA) is 88.1 Å². The van der Waals surface area contributed by atoms with Crippen molar-refractivity contribution in [2.45, 2.75) is 13.3 Å². The summed E-state index contributed by atoms with van der Waals surface area (Å²) in [6.07, 6.45) is 7.19. The number of aromatic nitrogens is 3. The number of nitrogens with one attached hydrogen (secondary N) is 1. The molecule has 0 saturated carbocycles. The van der Waals surface area contributed by atoms with Gasteiger partial charge in [-0.2, -0.15) is 0 Å². The molecule has 2 aromatic heterocycles. The van der Waals surface area contributed by atoms with Crippen LogP contribution in [0.1, 0.15) is 33.3 Å². The first kappa shape index (κ1) is 19.2. The highest BCUT2D eigenvalue weighted by atomic mass is 16.2. The average molecular weight is 375 g/mol. The molecular formula is C21H21N5O2. The Balaban J connectivity index is 1.58. The Morgan fingerprint density at radius 1 is 1.00 bits per heavy atom. The average Bonchev–Trinajstić information content (AvgIpc) is 2.73. The number of hydrogen-bond acceptors (Lipinski definition) is 6. The van der Waals surface area contributed by atoms with Gasteiger partial charge in [-0.15, -0.1) is 0 Å². The lowest BCUT2D eigenvalue weighted by atomic mass is 10.1. The Morgan fingerprint density at radius 3 is 2.32 bits per heavy atom. The van der Waals surface area contributed by atoms with Crippen LogP contribution in [0, 0.1) is 0 Å². The highest BCUT2D eigenvalue weighted by Crippen LogP contribution is 2.15. The number of nitrogens with zero attached hydrogens (tertiary/aromatic N) is 4. The fourth-order valence-corrected chi connectivity index (χ4v) is 2.58. The minimum atomic E-state index is -0.182. The molecule has 142 valence electrons. The van der Waals surface area contributed by atoms with Crippen LogP contribution in [-0.4, -0.2) is 45.1 Å². The molecular weight excluding hydrogens is 354 g/mol. The Bertz CT molecular complexity index is 941. The summed E-state index contributed by atoms with van der Waals surface area (Å²) in [6, 6.07) is 10.9. The van der Waals surface area contributed by atoms with Crippen molar-refractivity contribution in [3.05, 3.63) is 78.0 Å². The molecule has 1 N–H and O–H groups in total. The van der Waals surface area contributed by atoms with Crippen LogP contribution in [0.4, 0.5) is 11.5 Å². The molecule has 2 heterocycles. The van der Waals surface area contributed by atoms with Crippen LogP contribution >= 0.6 is 0 Å². The minimum absolute atomic E-state index is 0.0160. The summed E-state index contributed by atoms with van der Waals surface area (Å²) < 4.78 is 0. The van der Waals surface area contributed by atoms with E-state index in [2.05, 4.69) is 20.3 Å². The third kappa shape index (κ3) is 4.97. The van der Waals surface area contributed by atoms with Gasteiger partial charge < -0.3 is 10.2 Å². The number of hydrogen-bond donors (Lipinski definition) is 1. The van der Waals surface area contributed by atoms with E-state index >= 15 is 0 Å². The van der Waals surface area contributed by atoms with E-state index in [1.165, 1.54) is 19.3 Å². The van der Waals surface area contributed by atoms with Gasteiger partial charge in [0.25, 0.3) is 5.91 Å². The molecule has 0 saturated heterocycles. The van der Waals surface area contributed by atoms with Gasteiger partial charge >= 0.3 is 0 Å². The van der Waals surface area contributed by atoms with Crippen LogP contribution in [0.15, 0.2) is 61.2 Å². The highest BCUT2D eigenvalue weighted by molar-refractivity contribution is 5.94. The molecule has 3 aromatic rings. The number of anilines is 2. The Labute approximate surface area is 163 Å². The van der Waals surface area contributed by atoms with Gasteiger partial charge in [0.2, 0.25) is 0 Å². The van der Waals surface area contributed by atoms with Crippen LogP contribution in [-0.2, 0) is 6.42 Å². The van der Waals surface area contributed by atoms with Gasteiger partial charge in [0, 0.05) is 37.2 Å². The molecule has 0 aliphatic heterocycles. The summed E-state index contributed by atoms with van der Waals surface area (Å²) in [4.78, 5) is 37.9. The number of rotatable bonds is 7. The van der Waals surface area contributed by atoms with Crippen molar-refractivity contribution < 1.29 is 9.59 Å². The van der Waals surface area contributed by atoms with Crippen molar-refractivity contribution in [3.8, 4) is 0 Å².